The molecule has 0 amide bonds. The Morgan fingerprint density at radius 2 is 2.05 bits per heavy atom. The van der Waals surface area contributed by atoms with E-state index in [9.17, 15) is 0 Å². The zero-order valence-corrected chi connectivity index (χ0v) is 13.0. The summed E-state index contributed by atoms with van der Waals surface area (Å²) in [6.07, 6.45) is 2.73. The number of hydrogen-bond acceptors (Lipinski definition) is 3. The molecular formula is C15H14Cl2N4. The summed E-state index contributed by atoms with van der Waals surface area (Å²) >= 11 is 12.0. The van der Waals surface area contributed by atoms with Crippen LogP contribution in [-0.4, -0.2) is 21.1 Å². The number of nitrogens with zero attached hydrogens (tertiary/aromatic N) is 3. The van der Waals surface area contributed by atoms with Crippen molar-refractivity contribution in [1.82, 2.24) is 14.6 Å². The molecule has 0 aliphatic heterocycles. The van der Waals surface area contributed by atoms with E-state index >= 15 is 0 Å². The number of rotatable bonds is 4. The average Bonchev–Trinajstić information content (AvgIpc) is 2.83. The van der Waals surface area contributed by atoms with Crippen molar-refractivity contribution in [3.05, 3.63) is 57.7 Å². The van der Waals surface area contributed by atoms with Crippen LogP contribution in [0.2, 0.25) is 10.0 Å². The molecule has 0 atom stereocenters. The minimum Gasteiger partial charge on any atom is -0.353 e. The highest BCUT2D eigenvalue weighted by Gasteiger charge is 2.04. The number of hydrogen-bond donors (Lipinski definition) is 1. The topological polar surface area (TPSA) is 42.2 Å². The predicted octanol–water partition coefficient (Wildman–Crippen LogP) is 4.00. The van der Waals surface area contributed by atoms with Crippen LogP contribution in [0, 0.1) is 6.92 Å². The molecule has 4 nitrogen and oxygen atoms in total. The molecule has 0 saturated heterocycles. The second-order valence-corrected chi connectivity index (χ2v) is 5.70. The van der Waals surface area contributed by atoms with Crippen LogP contribution >= 0.6 is 23.2 Å². The molecule has 0 fully saturated rings. The Labute approximate surface area is 132 Å². The first-order valence-corrected chi connectivity index (χ1v) is 7.38. The van der Waals surface area contributed by atoms with Gasteiger partial charge in [-0.15, -0.1) is 5.10 Å². The van der Waals surface area contributed by atoms with E-state index in [1.165, 1.54) is 0 Å². The largest absolute Gasteiger partial charge is 0.353 e. The first-order chi connectivity index (χ1) is 10.1. The molecule has 0 aliphatic rings. The third-order valence-corrected chi connectivity index (χ3v) is 3.76. The second kappa shape index (κ2) is 5.92. The SMILES string of the molecule is Cc1ccc2nc(NCCc3ccc(Cl)cc3Cl)nn2c1. The molecule has 2 aromatic heterocycles. The lowest BCUT2D eigenvalue weighted by Crippen LogP contribution is -2.06. The molecule has 3 rings (SSSR count). The van der Waals surface area contributed by atoms with E-state index in [0.717, 1.165) is 23.2 Å². The van der Waals surface area contributed by atoms with E-state index in [1.54, 1.807) is 10.6 Å². The Hall–Kier alpha value is -1.78. The monoisotopic (exact) mass is 320 g/mol. The quantitative estimate of drug-likeness (QED) is 0.790. The van der Waals surface area contributed by atoms with Crippen LogP contribution in [0.15, 0.2) is 36.5 Å². The lowest BCUT2D eigenvalue weighted by atomic mass is 10.1. The minimum atomic E-state index is 0.616. The normalized spacial score (nSPS) is 11.0. The van der Waals surface area contributed by atoms with E-state index in [2.05, 4.69) is 15.4 Å². The fourth-order valence-electron chi connectivity index (χ4n) is 2.09. The van der Waals surface area contributed by atoms with Crippen molar-refractivity contribution in [2.24, 2.45) is 0 Å². The van der Waals surface area contributed by atoms with Crippen LogP contribution in [0.4, 0.5) is 5.95 Å². The molecule has 6 heteroatoms. The molecule has 0 spiro atoms. The van der Waals surface area contributed by atoms with Crippen molar-refractivity contribution < 1.29 is 0 Å². The van der Waals surface area contributed by atoms with Gasteiger partial charge in [0.25, 0.3) is 0 Å². The van der Waals surface area contributed by atoms with Crippen LogP contribution in [0.1, 0.15) is 11.1 Å². The summed E-state index contributed by atoms with van der Waals surface area (Å²) in [6, 6.07) is 9.50. The molecule has 2 heterocycles. The first kappa shape index (κ1) is 14.2. The summed E-state index contributed by atoms with van der Waals surface area (Å²) in [4.78, 5) is 4.41. The minimum absolute atomic E-state index is 0.616. The molecule has 0 radical (unpaired) electrons. The van der Waals surface area contributed by atoms with Gasteiger partial charge in [-0.1, -0.05) is 35.3 Å². The third-order valence-electron chi connectivity index (χ3n) is 3.17. The van der Waals surface area contributed by atoms with E-state index in [1.807, 2.05) is 37.4 Å². The fraction of sp³-hybridized carbons (Fsp3) is 0.200. The Bertz CT molecular complexity index is 782. The van der Waals surface area contributed by atoms with Crippen molar-refractivity contribution in [2.45, 2.75) is 13.3 Å². The van der Waals surface area contributed by atoms with Gasteiger partial charge in [-0.05, 0) is 42.7 Å². The molecule has 1 aromatic carbocycles. The van der Waals surface area contributed by atoms with E-state index < -0.39 is 0 Å². The summed E-state index contributed by atoms with van der Waals surface area (Å²) in [7, 11) is 0. The van der Waals surface area contributed by atoms with Crippen molar-refractivity contribution in [3.8, 4) is 0 Å². The number of aryl methyl sites for hydroxylation is 1. The molecule has 0 aliphatic carbocycles. The summed E-state index contributed by atoms with van der Waals surface area (Å²) < 4.78 is 1.77. The Morgan fingerprint density at radius 1 is 1.19 bits per heavy atom. The number of benzene rings is 1. The average molecular weight is 321 g/mol. The smallest absolute Gasteiger partial charge is 0.243 e. The highest BCUT2D eigenvalue weighted by atomic mass is 35.5. The highest BCUT2D eigenvalue weighted by molar-refractivity contribution is 6.35. The van der Waals surface area contributed by atoms with Gasteiger partial charge in [0.15, 0.2) is 5.65 Å². The van der Waals surface area contributed by atoms with Crippen LogP contribution < -0.4 is 5.32 Å². The van der Waals surface area contributed by atoms with Crippen molar-refractivity contribution in [2.75, 3.05) is 11.9 Å². The van der Waals surface area contributed by atoms with Crippen LogP contribution in [0.5, 0.6) is 0 Å². The Kier molecular flexibility index (Phi) is 3.99. The van der Waals surface area contributed by atoms with Gasteiger partial charge in [0, 0.05) is 22.8 Å². The summed E-state index contributed by atoms with van der Waals surface area (Å²) in [5.41, 5.74) is 3.02. The molecule has 0 unspecified atom stereocenters. The van der Waals surface area contributed by atoms with Gasteiger partial charge >= 0.3 is 0 Å². The van der Waals surface area contributed by atoms with Gasteiger partial charge in [-0.25, -0.2) is 4.52 Å². The third kappa shape index (κ3) is 3.28. The van der Waals surface area contributed by atoms with Crippen LogP contribution in [0.3, 0.4) is 0 Å². The van der Waals surface area contributed by atoms with Gasteiger partial charge in [-0.2, -0.15) is 4.98 Å². The highest BCUT2D eigenvalue weighted by Crippen LogP contribution is 2.21. The van der Waals surface area contributed by atoms with Crippen LogP contribution in [-0.2, 0) is 6.42 Å². The number of aromatic nitrogens is 3. The van der Waals surface area contributed by atoms with E-state index in [-0.39, 0.29) is 0 Å². The summed E-state index contributed by atoms with van der Waals surface area (Å²) in [6.45, 7) is 2.73. The fourth-order valence-corrected chi connectivity index (χ4v) is 2.60. The van der Waals surface area contributed by atoms with Crippen molar-refractivity contribution in [1.29, 1.82) is 0 Å². The molecule has 0 bridgehead atoms. The predicted molar refractivity (Wildman–Crippen MR) is 86.4 cm³/mol. The molecular weight excluding hydrogens is 307 g/mol. The maximum absolute atomic E-state index is 6.15. The summed E-state index contributed by atoms with van der Waals surface area (Å²) in [5, 5.41) is 8.92. The number of pyridine rings is 1. The number of nitrogens with one attached hydrogen (secondary N) is 1. The molecule has 21 heavy (non-hydrogen) atoms. The number of anilines is 1. The molecule has 0 saturated carbocycles. The Morgan fingerprint density at radius 3 is 2.86 bits per heavy atom. The van der Waals surface area contributed by atoms with E-state index in [4.69, 9.17) is 23.2 Å². The van der Waals surface area contributed by atoms with Gasteiger partial charge in [0.05, 0.1) is 0 Å². The van der Waals surface area contributed by atoms with Gasteiger partial charge in [0.1, 0.15) is 0 Å². The van der Waals surface area contributed by atoms with Gasteiger partial charge < -0.3 is 5.32 Å². The number of fused-ring (bicyclic) bond motifs is 1. The lowest BCUT2D eigenvalue weighted by Gasteiger charge is -2.05. The molecule has 1 N–H and O–H groups in total. The Balaban J connectivity index is 1.66. The van der Waals surface area contributed by atoms with Gasteiger partial charge in [-0.3, -0.25) is 0 Å². The maximum Gasteiger partial charge on any atom is 0.243 e. The zero-order chi connectivity index (χ0) is 14.8. The lowest BCUT2D eigenvalue weighted by molar-refractivity contribution is 0.931. The zero-order valence-electron chi connectivity index (χ0n) is 11.5. The summed E-state index contributed by atoms with van der Waals surface area (Å²) in [5.74, 6) is 0.616. The van der Waals surface area contributed by atoms with Crippen molar-refractivity contribution >= 4 is 34.8 Å². The molecule has 3 aromatic rings. The van der Waals surface area contributed by atoms with Crippen LogP contribution in [0.25, 0.3) is 5.65 Å². The standard InChI is InChI=1S/C15H14Cl2N4/c1-10-2-5-14-19-15(20-21(14)9-10)18-7-6-11-3-4-12(16)8-13(11)17/h2-5,8-9H,6-7H2,1H3,(H,18,20). The second-order valence-electron chi connectivity index (χ2n) is 4.86. The number of halogens is 2. The maximum atomic E-state index is 6.15. The van der Waals surface area contributed by atoms with Crippen molar-refractivity contribution in [3.63, 3.8) is 0 Å². The van der Waals surface area contributed by atoms with Gasteiger partial charge in [0.2, 0.25) is 5.95 Å². The first-order valence-electron chi connectivity index (χ1n) is 6.63. The molecule has 108 valence electrons. The van der Waals surface area contributed by atoms with E-state index in [0.29, 0.717) is 22.5 Å².